The fourth-order valence-corrected chi connectivity index (χ4v) is 6.02. The number of fused-ring (bicyclic) bond motifs is 1. The molecule has 0 bridgehead atoms. The number of carbonyl (C=O) groups excluding carboxylic acids is 1. The highest BCUT2D eigenvalue weighted by Gasteiger charge is 2.62. The average molecular weight is 596 g/mol. The van der Waals surface area contributed by atoms with Crippen molar-refractivity contribution in [2.24, 2.45) is 0 Å². The second-order valence-corrected chi connectivity index (χ2v) is 12.0. The van der Waals surface area contributed by atoms with E-state index in [1.54, 1.807) is 51.2 Å². The molecule has 41 heavy (non-hydrogen) atoms. The van der Waals surface area contributed by atoms with Gasteiger partial charge in [0.05, 0.1) is 19.0 Å². The van der Waals surface area contributed by atoms with Gasteiger partial charge in [0, 0.05) is 7.05 Å². The third-order valence-corrected chi connectivity index (χ3v) is 8.08. The first kappa shape index (κ1) is 30.6. The number of rotatable bonds is 11. The van der Waals surface area contributed by atoms with Crippen molar-refractivity contribution in [1.29, 1.82) is 0 Å². The maximum Gasteiger partial charge on any atom is 0.459 e. The molecule has 3 aromatic rings. The van der Waals surface area contributed by atoms with E-state index < -0.39 is 56.1 Å². The second-order valence-electron chi connectivity index (χ2n) is 10.4. The molecule has 0 saturated carbocycles. The summed E-state index contributed by atoms with van der Waals surface area (Å²) in [6, 6.07) is 7.04. The highest BCUT2D eigenvalue weighted by atomic mass is 31.2. The van der Waals surface area contributed by atoms with E-state index in [1.807, 2.05) is 0 Å². The van der Waals surface area contributed by atoms with Gasteiger partial charge in [0.2, 0.25) is 5.95 Å². The number of hydrogen-bond donors (Lipinski definition) is 4. The van der Waals surface area contributed by atoms with Crippen LogP contribution in [0.5, 0.6) is 5.75 Å². The summed E-state index contributed by atoms with van der Waals surface area (Å²) in [5.41, 5.74) is 2.18. The van der Waals surface area contributed by atoms with Crippen LogP contribution in [0.2, 0.25) is 0 Å². The Morgan fingerprint density at radius 3 is 2.59 bits per heavy atom. The smallest absolute Gasteiger partial charge is 0.459 e. The zero-order chi connectivity index (χ0) is 30.2. The van der Waals surface area contributed by atoms with E-state index in [2.05, 4.69) is 25.4 Å². The van der Waals surface area contributed by atoms with Gasteiger partial charge < -0.3 is 30.2 Å². The molecule has 5 N–H and O–H groups in total. The van der Waals surface area contributed by atoms with Crippen molar-refractivity contribution in [1.82, 2.24) is 24.6 Å². The molecule has 0 amide bonds. The highest BCUT2D eigenvalue weighted by Crippen LogP contribution is 2.51. The molecule has 0 radical (unpaired) electrons. The summed E-state index contributed by atoms with van der Waals surface area (Å²) in [6.45, 7) is 6.75. The number of ether oxygens (including phenoxy) is 2. The molecule has 4 rings (SSSR count). The molecular weight excluding hydrogens is 560 g/mol. The zero-order valence-corrected chi connectivity index (χ0v) is 24.5. The fourth-order valence-electron chi connectivity index (χ4n) is 4.44. The summed E-state index contributed by atoms with van der Waals surface area (Å²) >= 11 is 0. The number of nitrogen functional groups attached to an aromatic ring is 1. The number of esters is 1. The first-order valence-electron chi connectivity index (χ1n) is 12.9. The summed E-state index contributed by atoms with van der Waals surface area (Å²) in [5, 5.41) is 16.5. The van der Waals surface area contributed by atoms with Gasteiger partial charge in [0.15, 0.2) is 28.9 Å². The number of aromatic nitrogens is 4. The Morgan fingerprint density at radius 2 is 1.95 bits per heavy atom. The minimum absolute atomic E-state index is 0.0796. The lowest BCUT2D eigenvalue weighted by Gasteiger charge is -2.31. The number of aliphatic hydroxyl groups is 1. The SMILES string of the molecule is CNc1nc(N)nc2c1ncn2[C@@H]1O[C@](C)(CO[P@@](=O)(N[C@@H](C)C(=O)OC(C)C)Oc2ccccc2)[C@@H](O)[C@@]1(C)F. The Hall–Kier alpha value is -3.36. The number of nitrogens with two attached hydrogens (primary N) is 1. The highest BCUT2D eigenvalue weighted by molar-refractivity contribution is 7.52. The van der Waals surface area contributed by atoms with Gasteiger partial charge >= 0.3 is 13.7 Å². The van der Waals surface area contributed by atoms with E-state index >= 15 is 4.39 Å². The number of anilines is 2. The summed E-state index contributed by atoms with van der Waals surface area (Å²) in [4.78, 5) is 24.9. The van der Waals surface area contributed by atoms with Crippen LogP contribution in [0.25, 0.3) is 11.2 Å². The van der Waals surface area contributed by atoms with Crippen molar-refractivity contribution < 1.29 is 37.4 Å². The third-order valence-electron chi connectivity index (χ3n) is 6.45. The number of para-hydroxylation sites is 1. The maximum absolute atomic E-state index is 16.2. The molecule has 2 aromatic heterocycles. The van der Waals surface area contributed by atoms with Crippen molar-refractivity contribution in [2.45, 2.75) is 70.4 Å². The molecule has 0 unspecified atom stereocenters. The van der Waals surface area contributed by atoms with Gasteiger partial charge in [-0.15, -0.1) is 0 Å². The Labute approximate surface area is 236 Å². The van der Waals surface area contributed by atoms with Crippen molar-refractivity contribution in [3.63, 3.8) is 0 Å². The molecule has 16 heteroatoms. The quantitative estimate of drug-likeness (QED) is 0.187. The Balaban J connectivity index is 1.61. The van der Waals surface area contributed by atoms with Crippen LogP contribution in [0.3, 0.4) is 0 Å². The first-order valence-corrected chi connectivity index (χ1v) is 14.4. The van der Waals surface area contributed by atoms with Crippen molar-refractivity contribution in [3.05, 3.63) is 36.7 Å². The lowest BCUT2D eigenvalue weighted by Crippen LogP contribution is -2.48. The van der Waals surface area contributed by atoms with E-state index in [4.69, 9.17) is 24.3 Å². The summed E-state index contributed by atoms with van der Waals surface area (Å²) in [7, 11) is -2.70. The van der Waals surface area contributed by atoms with E-state index in [1.165, 1.54) is 24.7 Å². The lowest BCUT2D eigenvalue weighted by molar-refractivity contribution is -0.149. The summed E-state index contributed by atoms with van der Waals surface area (Å²) in [6.07, 6.45) is -2.31. The number of carbonyl (C=O) groups is 1. The molecular formula is C25H35FN7O7P. The van der Waals surface area contributed by atoms with Crippen LogP contribution in [-0.4, -0.2) is 73.8 Å². The van der Waals surface area contributed by atoms with Crippen LogP contribution in [0.4, 0.5) is 16.2 Å². The predicted molar refractivity (Wildman–Crippen MR) is 148 cm³/mol. The van der Waals surface area contributed by atoms with Gasteiger partial charge in [-0.25, -0.2) is 13.9 Å². The van der Waals surface area contributed by atoms with Crippen LogP contribution < -0.4 is 20.7 Å². The number of aliphatic hydroxyl groups excluding tert-OH is 1. The normalized spacial score (nSPS) is 26.6. The summed E-state index contributed by atoms with van der Waals surface area (Å²) in [5.74, 6) is -0.258. The number of halogens is 1. The van der Waals surface area contributed by atoms with Crippen molar-refractivity contribution in [2.75, 3.05) is 24.7 Å². The van der Waals surface area contributed by atoms with Gasteiger partial charge in [-0.1, -0.05) is 18.2 Å². The van der Waals surface area contributed by atoms with Gasteiger partial charge in [-0.05, 0) is 46.8 Å². The van der Waals surface area contributed by atoms with Crippen LogP contribution in [0.1, 0.15) is 40.8 Å². The predicted octanol–water partition coefficient (Wildman–Crippen LogP) is 2.96. The van der Waals surface area contributed by atoms with Crippen molar-refractivity contribution in [3.8, 4) is 5.75 Å². The van der Waals surface area contributed by atoms with E-state index in [0.717, 1.165) is 6.92 Å². The molecule has 6 atom stereocenters. The number of nitrogens with one attached hydrogen (secondary N) is 2. The minimum atomic E-state index is -4.32. The standard InChI is InChI=1S/C25H35FN7O7P/c1-14(2)38-20(34)15(3)32-41(36,40-16-10-8-7-9-11-16)37-12-24(4)21(35)25(5,26)22(39-24)33-13-29-17-18(28-6)30-23(27)31-19(17)33/h7-11,13-15,21-22,35H,12H2,1-6H3,(H,32,36)(H3,27,28,30,31)/t15-,21+,22+,24+,25+,41-/m0/s1. The van der Waals surface area contributed by atoms with E-state index in [9.17, 15) is 14.5 Å². The van der Waals surface area contributed by atoms with Crippen LogP contribution in [0.15, 0.2) is 36.7 Å². The van der Waals surface area contributed by atoms with Crippen LogP contribution in [0, 0.1) is 0 Å². The van der Waals surface area contributed by atoms with Gasteiger partial charge in [0.25, 0.3) is 0 Å². The lowest BCUT2D eigenvalue weighted by atomic mass is 9.90. The molecule has 1 saturated heterocycles. The fraction of sp³-hybridized carbons (Fsp3) is 0.520. The molecule has 1 aliphatic rings. The maximum atomic E-state index is 16.2. The molecule has 0 aliphatic carbocycles. The number of alkyl halides is 1. The average Bonchev–Trinajstić information content (AvgIpc) is 3.39. The Bertz CT molecular complexity index is 1440. The number of hydrogen-bond acceptors (Lipinski definition) is 12. The third kappa shape index (κ3) is 6.28. The van der Waals surface area contributed by atoms with Crippen LogP contribution in [-0.2, 0) is 23.4 Å². The summed E-state index contributed by atoms with van der Waals surface area (Å²) < 4.78 is 54.0. The largest absolute Gasteiger partial charge is 0.462 e. The first-order chi connectivity index (χ1) is 19.2. The number of benzene rings is 1. The molecule has 0 spiro atoms. The second kappa shape index (κ2) is 11.5. The monoisotopic (exact) mass is 595 g/mol. The van der Waals surface area contributed by atoms with Gasteiger partial charge in [-0.2, -0.15) is 15.1 Å². The van der Waals surface area contributed by atoms with E-state index in [0.29, 0.717) is 11.3 Å². The molecule has 3 heterocycles. The molecule has 14 nitrogen and oxygen atoms in total. The molecule has 1 aliphatic heterocycles. The van der Waals surface area contributed by atoms with Crippen molar-refractivity contribution >= 4 is 36.6 Å². The van der Waals surface area contributed by atoms with Gasteiger partial charge in [0.1, 0.15) is 23.5 Å². The van der Waals surface area contributed by atoms with E-state index in [-0.39, 0.29) is 17.3 Å². The minimum Gasteiger partial charge on any atom is -0.462 e. The van der Waals surface area contributed by atoms with Gasteiger partial charge in [-0.3, -0.25) is 13.9 Å². The number of nitrogens with zero attached hydrogens (tertiary/aromatic N) is 4. The molecule has 1 fully saturated rings. The zero-order valence-electron chi connectivity index (χ0n) is 23.6. The molecule has 1 aromatic carbocycles. The van der Waals surface area contributed by atoms with Crippen LogP contribution >= 0.6 is 7.75 Å². The molecule has 224 valence electrons. The Morgan fingerprint density at radius 1 is 1.27 bits per heavy atom. The number of imidazole rings is 1. The Kier molecular flexibility index (Phi) is 8.58. The topological polar surface area (TPSA) is 185 Å².